The highest BCUT2D eigenvalue weighted by atomic mass is 16.7. The summed E-state index contributed by atoms with van der Waals surface area (Å²) in [6.07, 6.45) is 4.03. The zero-order chi connectivity index (χ0) is 22.3. The van der Waals surface area contributed by atoms with Gasteiger partial charge in [-0.2, -0.15) is 0 Å². The lowest BCUT2D eigenvalue weighted by Crippen LogP contribution is -2.31. The number of hydrogen-bond acceptors (Lipinski definition) is 6. The van der Waals surface area contributed by atoms with Gasteiger partial charge in [0.05, 0.1) is 18.3 Å². The zero-order valence-electron chi connectivity index (χ0n) is 17.5. The van der Waals surface area contributed by atoms with E-state index in [4.69, 9.17) is 19.0 Å². The largest absolute Gasteiger partial charge is 0.464 e. The van der Waals surface area contributed by atoms with Crippen molar-refractivity contribution in [3.8, 4) is 0 Å². The van der Waals surface area contributed by atoms with Crippen LogP contribution in [0.25, 0.3) is 11.0 Å². The van der Waals surface area contributed by atoms with E-state index in [0.717, 1.165) is 0 Å². The lowest BCUT2D eigenvalue weighted by atomic mass is 9.93. The van der Waals surface area contributed by atoms with Gasteiger partial charge in [-0.3, -0.25) is 9.59 Å². The number of aliphatic hydroxyl groups excluding tert-OH is 1. The van der Waals surface area contributed by atoms with E-state index < -0.39 is 18.1 Å². The molecular formula is C25H25NO6. The van der Waals surface area contributed by atoms with Crippen molar-refractivity contribution in [1.82, 2.24) is 0 Å². The number of nitrogens with one attached hydrogen (secondary N) is 1. The molecule has 2 N–H and O–H groups in total. The second-order valence-corrected chi connectivity index (χ2v) is 7.56. The minimum absolute atomic E-state index is 0.0836. The molecule has 7 nitrogen and oxygen atoms in total. The van der Waals surface area contributed by atoms with Gasteiger partial charge in [0.1, 0.15) is 5.58 Å². The van der Waals surface area contributed by atoms with Crippen LogP contribution in [-0.2, 0) is 14.3 Å². The molecule has 7 heteroatoms. The van der Waals surface area contributed by atoms with E-state index in [1.54, 1.807) is 36.4 Å². The third kappa shape index (κ3) is 5.07. The summed E-state index contributed by atoms with van der Waals surface area (Å²) in [5.74, 6) is -0.746. The fourth-order valence-corrected chi connectivity index (χ4v) is 3.63. The van der Waals surface area contributed by atoms with E-state index in [-0.39, 0.29) is 17.8 Å². The van der Waals surface area contributed by atoms with E-state index >= 15 is 0 Å². The van der Waals surface area contributed by atoms with E-state index in [1.807, 2.05) is 24.3 Å². The Kier molecular flexibility index (Phi) is 6.99. The van der Waals surface area contributed by atoms with Crippen LogP contribution >= 0.6 is 0 Å². The average molecular weight is 435 g/mol. The van der Waals surface area contributed by atoms with Gasteiger partial charge < -0.3 is 24.3 Å². The summed E-state index contributed by atoms with van der Waals surface area (Å²) in [7, 11) is 0. The number of benzene rings is 2. The third-order valence-electron chi connectivity index (χ3n) is 5.28. The SMILES string of the molecule is O=C(Nc1ccccc1)C1=C[C@H](c2coc3ccccc3c2=O)C[C@H](OCCCCO)O1. The predicted molar refractivity (Wildman–Crippen MR) is 120 cm³/mol. The number of para-hydroxylation sites is 2. The van der Waals surface area contributed by atoms with Crippen molar-refractivity contribution in [2.24, 2.45) is 0 Å². The van der Waals surface area contributed by atoms with Gasteiger partial charge in [-0.25, -0.2) is 0 Å². The van der Waals surface area contributed by atoms with Crippen LogP contribution < -0.4 is 10.7 Å². The quantitative estimate of drug-likeness (QED) is 0.520. The molecule has 0 saturated heterocycles. The molecule has 0 radical (unpaired) electrons. The number of carbonyl (C=O) groups is 1. The van der Waals surface area contributed by atoms with Crippen LogP contribution in [0.2, 0.25) is 0 Å². The lowest BCUT2D eigenvalue weighted by Gasteiger charge is -2.29. The van der Waals surface area contributed by atoms with Gasteiger partial charge in [0, 0.05) is 30.2 Å². The second-order valence-electron chi connectivity index (χ2n) is 7.56. The molecule has 2 heterocycles. The summed E-state index contributed by atoms with van der Waals surface area (Å²) >= 11 is 0. The molecule has 1 aromatic heterocycles. The van der Waals surface area contributed by atoms with Crippen molar-refractivity contribution >= 4 is 22.6 Å². The summed E-state index contributed by atoms with van der Waals surface area (Å²) in [5, 5.41) is 12.3. The predicted octanol–water partition coefficient (Wildman–Crippen LogP) is 3.93. The summed E-state index contributed by atoms with van der Waals surface area (Å²) in [5.41, 5.74) is 1.45. The summed E-state index contributed by atoms with van der Waals surface area (Å²) in [4.78, 5) is 26.0. The first-order valence-electron chi connectivity index (χ1n) is 10.6. The van der Waals surface area contributed by atoms with Crippen LogP contribution in [-0.4, -0.2) is 30.5 Å². The first-order valence-corrected chi connectivity index (χ1v) is 10.6. The molecule has 0 aliphatic carbocycles. The molecule has 4 rings (SSSR count). The number of rotatable bonds is 8. The minimum atomic E-state index is -0.703. The Morgan fingerprint density at radius 2 is 1.88 bits per heavy atom. The van der Waals surface area contributed by atoms with Crippen molar-refractivity contribution in [1.29, 1.82) is 0 Å². The minimum Gasteiger partial charge on any atom is -0.464 e. The van der Waals surface area contributed by atoms with Crippen molar-refractivity contribution in [2.45, 2.75) is 31.5 Å². The van der Waals surface area contributed by atoms with Crippen molar-refractivity contribution in [2.75, 3.05) is 18.5 Å². The van der Waals surface area contributed by atoms with Gasteiger partial charge in [-0.1, -0.05) is 30.3 Å². The summed E-state index contributed by atoms with van der Waals surface area (Å²) in [6, 6.07) is 16.1. The van der Waals surface area contributed by atoms with Crippen LogP contribution in [0.15, 0.2) is 81.9 Å². The van der Waals surface area contributed by atoms with Crippen molar-refractivity contribution < 1.29 is 23.8 Å². The van der Waals surface area contributed by atoms with E-state index in [0.29, 0.717) is 48.1 Å². The Balaban J connectivity index is 1.61. The molecule has 0 unspecified atom stereocenters. The fourth-order valence-electron chi connectivity index (χ4n) is 3.63. The van der Waals surface area contributed by atoms with E-state index in [9.17, 15) is 9.59 Å². The molecule has 32 heavy (non-hydrogen) atoms. The number of ether oxygens (including phenoxy) is 2. The molecule has 1 amide bonds. The first-order chi connectivity index (χ1) is 15.7. The molecule has 1 aliphatic heterocycles. The molecule has 0 bridgehead atoms. The molecule has 1 aliphatic rings. The number of fused-ring (bicyclic) bond motifs is 1. The number of allylic oxidation sites excluding steroid dienone is 1. The van der Waals surface area contributed by atoms with Crippen molar-refractivity contribution in [3.63, 3.8) is 0 Å². The van der Waals surface area contributed by atoms with Crippen molar-refractivity contribution in [3.05, 3.63) is 88.5 Å². The highest BCUT2D eigenvalue weighted by Gasteiger charge is 2.30. The Morgan fingerprint density at radius 3 is 2.69 bits per heavy atom. The molecule has 2 atom stereocenters. The normalized spacial score (nSPS) is 18.1. The molecule has 3 aromatic rings. The van der Waals surface area contributed by atoms with Crippen LogP contribution in [0.1, 0.15) is 30.7 Å². The average Bonchev–Trinajstić information content (AvgIpc) is 2.83. The molecule has 166 valence electrons. The van der Waals surface area contributed by atoms with Gasteiger partial charge in [-0.15, -0.1) is 0 Å². The van der Waals surface area contributed by atoms with Gasteiger partial charge >= 0.3 is 0 Å². The molecule has 2 aromatic carbocycles. The molecule has 0 spiro atoms. The zero-order valence-corrected chi connectivity index (χ0v) is 17.5. The lowest BCUT2D eigenvalue weighted by molar-refractivity contribution is -0.143. The first kappa shape index (κ1) is 21.8. The summed E-state index contributed by atoms with van der Waals surface area (Å²) < 4.78 is 17.3. The van der Waals surface area contributed by atoms with Gasteiger partial charge in [-0.05, 0) is 43.2 Å². The van der Waals surface area contributed by atoms with Gasteiger partial charge in [0.25, 0.3) is 5.91 Å². The molecule has 0 saturated carbocycles. The number of unbranched alkanes of at least 4 members (excludes halogenated alkanes) is 1. The highest BCUT2D eigenvalue weighted by Crippen LogP contribution is 2.31. The Labute approximate surface area is 185 Å². The van der Waals surface area contributed by atoms with Gasteiger partial charge in [0.15, 0.2) is 11.2 Å². The van der Waals surface area contributed by atoms with Crippen LogP contribution in [0.4, 0.5) is 5.69 Å². The standard InChI is InChI=1S/C25H25NO6/c27-12-6-7-13-30-23-15-17(20-16-31-21-11-5-4-10-19(21)24(20)28)14-22(32-23)25(29)26-18-8-2-1-3-9-18/h1-5,8-11,14,16-17,23,27H,6-7,12-13,15H2,(H,26,29)/t17-,23+/m0/s1. The van der Waals surface area contributed by atoms with Gasteiger partial charge in [0.2, 0.25) is 6.29 Å². The van der Waals surface area contributed by atoms with Crippen LogP contribution in [0.5, 0.6) is 0 Å². The number of anilines is 1. The van der Waals surface area contributed by atoms with Crippen LogP contribution in [0.3, 0.4) is 0 Å². The van der Waals surface area contributed by atoms with E-state index in [2.05, 4.69) is 5.32 Å². The third-order valence-corrected chi connectivity index (χ3v) is 5.28. The highest BCUT2D eigenvalue weighted by molar-refractivity contribution is 6.02. The van der Waals surface area contributed by atoms with E-state index in [1.165, 1.54) is 6.26 Å². The maximum Gasteiger partial charge on any atom is 0.290 e. The Bertz CT molecular complexity index is 1150. The summed E-state index contributed by atoms with van der Waals surface area (Å²) in [6.45, 7) is 0.456. The van der Waals surface area contributed by atoms with Crippen LogP contribution in [0, 0.1) is 0 Å². The smallest absolute Gasteiger partial charge is 0.290 e. The second kappa shape index (κ2) is 10.3. The molecular weight excluding hydrogens is 410 g/mol. The monoisotopic (exact) mass is 435 g/mol. The maximum absolute atomic E-state index is 13.1. The number of amides is 1. The molecule has 0 fully saturated rings. The fraction of sp³-hybridized carbons (Fsp3) is 0.280. The Morgan fingerprint density at radius 1 is 1.09 bits per heavy atom. The number of aliphatic hydroxyl groups is 1. The number of carbonyl (C=O) groups excluding carboxylic acids is 1. The number of hydrogen-bond donors (Lipinski definition) is 2. The topological polar surface area (TPSA) is 98.0 Å². The Hall–Kier alpha value is -3.42. The maximum atomic E-state index is 13.1.